The number of hydrogen-bond acceptors (Lipinski definition) is 3. The van der Waals surface area contributed by atoms with Crippen LogP contribution in [-0.4, -0.2) is 28.4 Å². The van der Waals surface area contributed by atoms with Gasteiger partial charge in [0, 0.05) is 43.5 Å². The van der Waals surface area contributed by atoms with Crippen LogP contribution in [0.4, 0.5) is 13.2 Å². The lowest BCUT2D eigenvalue weighted by Gasteiger charge is -2.37. The van der Waals surface area contributed by atoms with Gasteiger partial charge in [0.05, 0.1) is 11.0 Å². The number of halogens is 3. The molecule has 2 fully saturated rings. The monoisotopic (exact) mass is 483 g/mol. The van der Waals surface area contributed by atoms with Gasteiger partial charge in [-0.05, 0) is 73.6 Å². The van der Waals surface area contributed by atoms with Crippen molar-refractivity contribution in [3.8, 4) is 0 Å². The van der Waals surface area contributed by atoms with Gasteiger partial charge in [-0.2, -0.15) is 13.2 Å². The van der Waals surface area contributed by atoms with Crippen LogP contribution >= 0.6 is 0 Å². The summed E-state index contributed by atoms with van der Waals surface area (Å²) in [5.41, 5.74) is 2.94. The molecule has 2 saturated carbocycles. The lowest BCUT2D eigenvalue weighted by Crippen LogP contribution is -2.47. The van der Waals surface area contributed by atoms with Gasteiger partial charge in [0.1, 0.15) is 0 Å². The summed E-state index contributed by atoms with van der Waals surface area (Å²) in [5, 5.41) is 3.92. The fraction of sp³-hybridized carbons (Fsp3) is 0.571. The molecule has 186 valence electrons. The van der Waals surface area contributed by atoms with Crippen molar-refractivity contribution in [1.82, 2.24) is 15.2 Å². The number of nitrogens with zero attached hydrogens (tertiary/aromatic N) is 2. The van der Waals surface area contributed by atoms with Gasteiger partial charge in [-0.3, -0.25) is 9.78 Å². The van der Waals surface area contributed by atoms with Crippen LogP contribution < -0.4 is 5.32 Å². The molecule has 1 aromatic heterocycles. The molecular formula is C28H32F3N3O. The number of carbonyl (C=O) groups is 1. The minimum absolute atomic E-state index is 0.149. The van der Waals surface area contributed by atoms with Crippen molar-refractivity contribution in [3.63, 3.8) is 0 Å². The van der Waals surface area contributed by atoms with E-state index in [1.807, 2.05) is 4.90 Å². The van der Waals surface area contributed by atoms with Crippen LogP contribution in [0.15, 0.2) is 36.5 Å². The van der Waals surface area contributed by atoms with E-state index in [-0.39, 0.29) is 17.9 Å². The number of fused-ring (bicyclic) bond motifs is 3. The van der Waals surface area contributed by atoms with Crippen molar-refractivity contribution in [2.24, 2.45) is 11.3 Å². The molecule has 4 unspecified atom stereocenters. The molecule has 2 heterocycles. The van der Waals surface area contributed by atoms with Crippen LogP contribution in [-0.2, 0) is 30.4 Å². The van der Waals surface area contributed by atoms with Crippen LogP contribution in [0.25, 0.3) is 0 Å². The van der Waals surface area contributed by atoms with Gasteiger partial charge in [0.15, 0.2) is 0 Å². The summed E-state index contributed by atoms with van der Waals surface area (Å²) in [6, 6.07) is 10.5. The minimum atomic E-state index is -4.42. The summed E-state index contributed by atoms with van der Waals surface area (Å²) in [6.07, 6.45) is 5.28. The van der Waals surface area contributed by atoms with Crippen molar-refractivity contribution in [1.29, 1.82) is 0 Å². The molecule has 1 aromatic carbocycles. The first kappa shape index (κ1) is 23.0. The Morgan fingerprint density at radius 1 is 1.11 bits per heavy atom. The molecule has 0 spiro atoms. The second-order valence-electron chi connectivity index (χ2n) is 11.0. The number of pyridine rings is 1. The fourth-order valence-corrected chi connectivity index (χ4v) is 7.40. The predicted octanol–water partition coefficient (Wildman–Crippen LogP) is 5.60. The third-order valence-corrected chi connectivity index (χ3v) is 9.02. The number of rotatable bonds is 3. The van der Waals surface area contributed by atoms with E-state index < -0.39 is 11.7 Å². The highest BCUT2D eigenvalue weighted by molar-refractivity contribution is 5.84. The first-order chi connectivity index (χ1) is 16.8. The number of aryl methyl sites for hydroxylation is 1. The second kappa shape index (κ2) is 8.61. The highest BCUT2D eigenvalue weighted by atomic mass is 19.4. The van der Waals surface area contributed by atoms with Crippen LogP contribution in [0, 0.1) is 11.3 Å². The van der Waals surface area contributed by atoms with Crippen LogP contribution in [0.5, 0.6) is 0 Å². The summed E-state index contributed by atoms with van der Waals surface area (Å²) in [5.74, 6) is 0.503. The van der Waals surface area contributed by atoms with Gasteiger partial charge in [0.25, 0.3) is 0 Å². The Balaban J connectivity index is 1.19. The molecule has 7 heteroatoms. The highest BCUT2D eigenvalue weighted by Gasteiger charge is 2.56. The predicted molar refractivity (Wildman–Crippen MR) is 126 cm³/mol. The summed E-state index contributed by atoms with van der Waals surface area (Å²) < 4.78 is 39.7. The van der Waals surface area contributed by atoms with Gasteiger partial charge >= 0.3 is 6.18 Å². The molecule has 0 saturated heterocycles. The Morgan fingerprint density at radius 2 is 1.97 bits per heavy atom. The molecule has 0 radical (unpaired) electrons. The molecule has 4 atom stereocenters. The van der Waals surface area contributed by atoms with E-state index in [0.717, 1.165) is 51.1 Å². The number of carbonyl (C=O) groups excluding carboxylic acids is 1. The van der Waals surface area contributed by atoms with E-state index >= 15 is 0 Å². The van der Waals surface area contributed by atoms with E-state index in [9.17, 15) is 18.0 Å². The van der Waals surface area contributed by atoms with E-state index in [4.69, 9.17) is 0 Å². The third-order valence-electron chi connectivity index (χ3n) is 9.02. The number of alkyl halides is 3. The van der Waals surface area contributed by atoms with Crippen LogP contribution in [0.2, 0.25) is 0 Å². The van der Waals surface area contributed by atoms with Crippen LogP contribution in [0.1, 0.15) is 78.9 Å². The Kier molecular flexibility index (Phi) is 5.66. The number of amides is 1. The Labute approximate surface area is 204 Å². The molecule has 1 aliphatic heterocycles. The second-order valence-corrected chi connectivity index (χ2v) is 11.0. The van der Waals surface area contributed by atoms with E-state index in [2.05, 4.69) is 34.6 Å². The maximum absolute atomic E-state index is 14.0. The van der Waals surface area contributed by atoms with Crippen molar-refractivity contribution in [2.45, 2.75) is 82.6 Å². The number of nitrogens with one attached hydrogen (secondary N) is 1. The standard InChI is InChI=1S/C28H32F3N3O/c29-28(30,31)21-13-19-17-34(12-10-24(19)32-16-21)26(35)27-11-4-7-20(27)14-22(15-27)33-25-9-3-6-18-5-1-2-8-23(18)25/h1-2,5,8,13,16,20,22,25,33H,3-4,6-7,9-12,14-15,17H2. The van der Waals surface area contributed by atoms with Gasteiger partial charge < -0.3 is 10.2 Å². The summed E-state index contributed by atoms with van der Waals surface area (Å²) in [6.45, 7) is 0.764. The Morgan fingerprint density at radius 3 is 2.83 bits per heavy atom. The molecule has 35 heavy (non-hydrogen) atoms. The zero-order valence-corrected chi connectivity index (χ0v) is 19.9. The number of benzene rings is 1. The maximum Gasteiger partial charge on any atom is 0.417 e. The quantitative estimate of drug-likeness (QED) is 0.618. The van der Waals surface area contributed by atoms with Crippen LogP contribution in [0.3, 0.4) is 0 Å². The Hall–Kier alpha value is -2.41. The van der Waals surface area contributed by atoms with Crippen molar-refractivity contribution in [3.05, 3.63) is 64.5 Å². The molecule has 3 aliphatic carbocycles. The van der Waals surface area contributed by atoms with E-state index in [1.54, 1.807) is 0 Å². The average Bonchev–Trinajstić information content (AvgIpc) is 3.40. The van der Waals surface area contributed by atoms with Crippen molar-refractivity contribution in [2.75, 3.05) is 6.54 Å². The molecule has 2 aromatic rings. The highest BCUT2D eigenvalue weighted by Crippen LogP contribution is 2.56. The topological polar surface area (TPSA) is 45.2 Å². The minimum Gasteiger partial charge on any atom is -0.337 e. The van der Waals surface area contributed by atoms with Gasteiger partial charge in [-0.1, -0.05) is 30.7 Å². The SMILES string of the molecule is O=C(N1CCc2ncc(C(F)(F)F)cc2C1)C12CCCC1CC(NC1CCCc3ccccc31)C2. The first-order valence-electron chi connectivity index (χ1n) is 13.0. The molecule has 1 N–H and O–H groups in total. The number of aromatic nitrogens is 1. The molecule has 0 bridgehead atoms. The third kappa shape index (κ3) is 4.05. The normalized spacial score (nSPS) is 30.0. The largest absolute Gasteiger partial charge is 0.417 e. The molecule has 1 amide bonds. The van der Waals surface area contributed by atoms with E-state index in [0.29, 0.717) is 42.2 Å². The molecular weight excluding hydrogens is 451 g/mol. The summed E-state index contributed by atoms with van der Waals surface area (Å²) >= 11 is 0. The van der Waals surface area contributed by atoms with Crippen molar-refractivity contribution < 1.29 is 18.0 Å². The maximum atomic E-state index is 14.0. The lowest BCUT2D eigenvalue weighted by atomic mass is 9.78. The van der Waals surface area contributed by atoms with Gasteiger partial charge in [-0.25, -0.2) is 0 Å². The van der Waals surface area contributed by atoms with E-state index in [1.165, 1.54) is 23.6 Å². The zero-order chi connectivity index (χ0) is 24.2. The van der Waals surface area contributed by atoms with Gasteiger partial charge in [-0.15, -0.1) is 0 Å². The smallest absolute Gasteiger partial charge is 0.337 e. The Bertz CT molecular complexity index is 1130. The zero-order valence-electron chi connectivity index (χ0n) is 19.9. The van der Waals surface area contributed by atoms with Gasteiger partial charge in [0.2, 0.25) is 5.91 Å². The summed E-state index contributed by atoms with van der Waals surface area (Å²) in [7, 11) is 0. The molecule has 4 aliphatic rings. The average molecular weight is 484 g/mol. The van der Waals surface area contributed by atoms with Crippen molar-refractivity contribution >= 4 is 5.91 Å². The number of hydrogen-bond donors (Lipinski definition) is 1. The summed E-state index contributed by atoms with van der Waals surface area (Å²) in [4.78, 5) is 19.9. The molecule has 4 nitrogen and oxygen atoms in total. The lowest BCUT2D eigenvalue weighted by molar-refractivity contribution is -0.144. The molecule has 6 rings (SSSR count). The fourth-order valence-electron chi connectivity index (χ4n) is 7.40. The first-order valence-corrected chi connectivity index (χ1v) is 13.0.